The third-order valence-corrected chi connectivity index (χ3v) is 6.54. The van der Waals surface area contributed by atoms with Gasteiger partial charge in [-0.05, 0) is 55.3 Å². The van der Waals surface area contributed by atoms with Gasteiger partial charge >= 0.3 is 0 Å². The van der Waals surface area contributed by atoms with Crippen LogP contribution < -0.4 is 14.8 Å². The van der Waals surface area contributed by atoms with Crippen LogP contribution in [0.25, 0.3) is 11.5 Å². The van der Waals surface area contributed by atoms with Gasteiger partial charge in [-0.15, -0.1) is 22.0 Å². The Hall–Kier alpha value is -3.00. The van der Waals surface area contributed by atoms with Gasteiger partial charge in [0.15, 0.2) is 11.5 Å². The number of hydrogen-bond donors (Lipinski definition) is 1. The van der Waals surface area contributed by atoms with E-state index in [1.807, 2.05) is 42.5 Å². The fourth-order valence-corrected chi connectivity index (χ4v) is 4.58. The Labute approximate surface area is 184 Å². The number of hydrogen-bond acceptors (Lipinski definition) is 7. The number of aromatic nitrogens is 2. The Morgan fingerprint density at radius 2 is 1.81 bits per heavy atom. The smallest absolute Gasteiger partial charge is 0.247 e. The normalized spacial score (nSPS) is 15.7. The van der Waals surface area contributed by atoms with Crippen molar-refractivity contribution in [3.8, 4) is 23.0 Å². The first-order valence-electron chi connectivity index (χ1n) is 10.5. The van der Waals surface area contributed by atoms with Crippen LogP contribution in [0.3, 0.4) is 0 Å². The number of amides is 1. The molecule has 7 nitrogen and oxygen atoms in total. The van der Waals surface area contributed by atoms with E-state index in [0.717, 1.165) is 47.6 Å². The first-order valence-corrected chi connectivity index (χ1v) is 11.5. The molecule has 160 valence electrons. The van der Waals surface area contributed by atoms with Crippen LogP contribution in [-0.2, 0) is 10.5 Å². The van der Waals surface area contributed by atoms with Crippen LogP contribution in [0.5, 0.6) is 11.5 Å². The van der Waals surface area contributed by atoms with Crippen LogP contribution in [0.1, 0.15) is 38.0 Å². The topological polar surface area (TPSA) is 86.5 Å². The lowest BCUT2D eigenvalue weighted by atomic mass is 9.88. The second kappa shape index (κ2) is 9.01. The predicted molar refractivity (Wildman–Crippen MR) is 117 cm³/mol. The van der Waals surface area contributed by atoms with Crippen LogP contribution in [-0.4, -0.2) is 22.9 Å². The molecule has 1 aromatic heterocycles. The standard InChI is InChI=1S/C23H23N3O4S/c27-22(15-4-2-1-3-5-15)24-17-7-9-18(10-8-17)31-13-21-25-26-23(30-21)16-6-11-19-20(12-16)29-14-28-19/h6-12,15H,1-5,13-14H2,(H,24,27). The van der Waals surface area contributed by atoms with Crippen molar-refractivity contribution < 1.29 is 18.7 Å². The lowest BCUT2D eigenvalue weighted by molar-refractivity contribution is -0.120. The molecule has 3 aromatic rings. The summed E-state index contributed by atoms with van der Waals surface area (Å²) in [5, 5.41) is 11.3. The first-order chi connectivity index (χ1) is 15.2. The van der Waals surface area contributed by atoms with E-state index in [4.69, 9.17) is 13.9 Å². The highest BCUT2D eigenvalue weighted by molar-refractivity contribution is 7.98. The van der Waals surface area contributed by atoms with E-state index in [9.17, 15) is 4.79 Å². The summed E-state index contributed by atoms with van der Waals surface area (Å²) < 4.78 is 16.5. The van der Waals surface area contributed by atoms with Crippen LogP contribution in [0.2, 0.25) is 0 Å². The van der Waals surface area contributed by atoms with E-state index in [1.165, 1.54) is 6.42 Å². The molecule has 1 aliphatic heterocycles. The zero-order chi connectivity index (χ0) is 21.0. The number of anilines is 1. The van der Waals surface area contributed by atoms with E-state index in [2.05, 4.69) is 15.5 Å². The molecular formula is C23H23N3O4S. The number of nitrogens with one attached hydrogen (secondary N) is 1. The number of carbonyl (C=O) groups is 1. The van der Waals surface area contributed by atoms with Gasteiger partial charge in [0.1, 0.15) is 0 Å². The Kier molecular flexibility index (Phi) is 5.80. The van der Waals surface area contributed by atoms with Gasteiger partial charge in [-0.25, -0.2) is 0 Å². The SMILES string of the molecule is O=C(Nc1ccc(SCc2nnc(-c3ccc4c(c3)OCO4)o2)cc1)C1CCCCC1. The van der Waals surface area contributed by atoms with Crippen LogP contribution >= 0.6 is 11.8 Å². The summed E-state index contributed by atoms with van der Waals surface area (Å²) in [6, 6.07) is 13.4. The molecule has 2 aliphatic rings. The molecule has 0 radical (unpaired) electrons. The zero-order valence-electron chi connectivity index (χ0n) is 17.0. The van der Waals surface area contributed by atoms with Gasteiger partial charge in [-0.3, -0.25) is 4.79 Å². The summed E-state index contributed by atoms with van der Waals surface area (Å²) in [6.45, 7) is 0.230. The van der Waals surface area contributed by atoms with E-state index in [-0.39, 0.29) is 18.6 Å². The average molecular weight is 438 g/mol. The number of thioether (sulfide) groups is 1. The van der Waals surface area contributed by atoms with Crippen molar-refractivity contribution in [1.29, 1.82) is 0 Å². The van der Waals surface area contributed by atoms with E-state index in [1.54, 1.807) is 11.8 Å². The summed E-state index contributed by atoms with van der Waals surface area (Å²) in [4.78, 5) is 13.5. The van der Waals surface area contributed by atoms with E-state index in [0.29, 0.717) is 23.3 Å². The van der Waals surface area contributed by atoms with Gasteiger partial charge in [-0.2, -0.15) is 0 Å². The Morgan fingerprint density at radius 3 is 2.65 bits per heavy atom. The van der Waals surface area contributed by atoms with Crippen molar-refractivity contribution in [3.05, 3.63) is 48.4 Å². The minimum atomic E-state index is 0.141. The maximum atomic E-state index is 12.4. The molecule has 8 heteroatoms. The van der Waals surface area contributed by atoms with Crippen LogP contribution in [0.15, 0.2) is 51.8 Å². The molecule has 1 N–H and O–H groups in total. The Balaban J connectivity index is 1.16. The summed E-state index contributed by atoms with van der Waals surface area (Å²) in [7, 11) is 0. The molecular weight excluding hydrogens is 414 g/mol. The molecule has 0 spiro atoms. The van der Waals surface area contributed by atoms with E-state index >= 15 is 0 Å². The fraction of sp³-hybridized carbons (Fsp3) is 0.348. The minimum Gasteiger partial charge on any atom is -0.454 e. The zero-order valence-corrected chi connectivity index (χ0v) is 17.8. The Morgan fingerprint density at radius 1 is 1.00 bits per heavy atom. The lowest BCUT2D eigenvalue weighted by Gasteiger charge is -2.20. The molecule has 0 bridgehead atoms. The molecule has 0 saturated heterocycles. The molecule has 1 saturated carbocycles. The van der Waals surface area contributed by atoms with Crippen molar-refractivity contribution in [2.45, 2.75) is 42.8 Å². The molecule has 1 aliphatic carbocycles. The Bertz CT molecular complexity index is 1060. The number of nitrogens with zero attached hydrogens (tertiary/aromatic N) is 2. The third-order valence-electron chi connectivity index (χ3n) is 5.55. The summed E-state index contributed by atoms with van der Waals surface area (Å²) >= 11 is 1.60. The number of fused-ring (bicyclic) bond motifs is 1. The third kappa shape index (κ3) is 4.69. The highest BCUT2D eigenvalue weighted by Crippen LogP contribution is 2.36. The highest BCUT2D eigenvalue weighted by atomic mass is 32.2. The number of benzene rings is 2. The van der Waals surface area contributed by atoms with Crippen LogP contribution in [0.4, 0.5) is 5.69 Å². The molecule has 31 heavy (non-hydrogen) atoms. The molecule has 1 fully saturated rings. The van der Waals surface area contributed by atoms with Gasteiger partial charge in [0.05, 0.1) is 5.75 Å². The van der Waals surface area contributed by atoms with Gasteiger partial charge < -0.3 is 19.2 Å². The number of rotatable bonds is 6. The second-order valence-electron chi connectivity index (χ2n) is 7.71. The molecule has 0 unspecified atom stereocenters. The van der Waals surface area contributed by atoms with Gasteiger partial charge in [0.2, 0.25) is 24.5 Å². The van der Waals surface area contributed by atoms with Crippen LogP contribution in [0, 0.1) is 5.92 Å². The van der Waals surface area contributed by atoms with Gasteiger partial charge in [0.25, 0.3) is 0 Å². The quantitative estimate of drug-likeness (QED) is 0.525. The average Bonchev–Trinajstić information content (AvgIpc) is 3.48. The predicted octanol–water partition coefficient (Wildman–Crippen LogP) is 5.28. The maximum Gasteiger partial charge on any atom is 0.247 e. The molecule has 5 rings (SSSR count). The number of ether oxygens (including phenoxy) is 2. The minimum absolute atomic E-state index is 0.141. The first kappa shape index (κ1) is 19.9. The summed E-state index contributed by atoms with van der Waals surface area (Å²) in [6.07, 6.45) is 5.55. The summed E-state index contributed by atoms with van der Waals surface area (Å²) in [5.74, 6) is 3.26. The molecule has 0 atom stereocenters. The monoisotopic (exact) mass is 437 g/mol. The van der Waals surface area contributed by atoms with E-state index < -0.39 is 0 Å². The van der Waals surface area contributed by atoms with Crippen molar-refractivity contribution in [1.82, 2.24) is 10.2 Å². The fourth-order valence-electron chi connectivity index (χ4n) is 3.85. The molecule has 2 heterocycles. The lowest BCUT2D eigenvalue weighted by Crippen LogP contribution is -2.24. The molecule has 1 amide bonds. The van der Waals surface area contributed by atoms with Crippen molar-refractivity contribution in [2.24, 2.45) is 5.92 Å². The summed E-state index contributed by atoms with van der Waals surface area (Å²) in [5.41, 5.74) is 1.63. The van der Waals surface area contributed by atoms with Gasteiger partial charge in [-0.1, -0.05) is 19.3 Å². The van der Waals surface area contributed by atoms with Gasteiger partial charge in [0, 0.05) is 22.1 Å². The second-order valence-corrected chi connectivity index (χ2v) is 8.75. The van der Waals surface area contributed by atoms with Crippen molar-refractivity contribution in [3.63, 3.8) is 0 Å². The number of carbonyl (C=O) groups excluding carboxylic acids is 1. The highest BCUT2D eigenvalue weighted by Gasteiger charge is 2.21. The van der Waals surface area contributed by atoms with Crippen molar-refractivity contribution in [2.75, 3.05) is 12.1 Å². The largest absolute Gasteiger partial charge is 0.454 e. The molecule has 2 aromatic carbocycles. The maximum absolute atomic E-state index is 12.4. The van der Waals surface area contributed by atoms with Crippen molar-refractivity contribution >= 4 is 23.4 Å².